The predicted molar refractivity (Wildman–Crippen MR) is 116 cm³/mol. The number of aryl methyl sites for hydroxylation is 2. The first-order valence-corrected chi connectivity index (χ1v) is 9.59. The van der Waals surface area contributed by atoms with Gasteiger partial charge in [0.25, 0.3) is 5.91 Å². The molecule has 0 aliphatic rings. The van der Waals surface area contributed by atoms with E-state index in [1.807, 2.05) is 56.3 Å². The Morgan fingerprint density at radius 3 is 2.19 bits per heavy atom. The summed E-state index contributed by atoms with van der Waals surface area (Å²) >= 11 is 0. The van der Waals surface area contributed by atoms with Gasteiger partial charge < -0.3 is 14.8 Å². The summed E-state index contributed by atoms with van der Waals surface area (Å²) in [5.74, 6) is -0.187. The molecule has 2 N–H and O–H groups in total. The zero-order valence-corrected chi connectivity index (χ0v) is 17.2. The van der Waals surface area contributed by atoms with Gasteiger partial charge in [0.05, 0.1) is 5.56 Å². The molecule has 3 aromatic carbocycles. The van der Waals surface area contributed by atoms with Gasteiger partial charge >= 0.3 is 12.0 Å². The molecule has 31 heavy (non-hydrogen) atoms. The van der Waals surface area contributed by atoms with Gasteiger partial charge in [-0.1, -0.05) is 35.9 Å². The van der Waals surface area contributed by atoms with Crippen molar-refractivity contribution in [2.75, 3.05) is 11.9 Å². The number of carbonyl (C=O) groups excluding carboxylic acids is 3. The number of para-hydroxylation sites is 1. The second kappa shape index (κ2) is 10.1. The minimum absolute atomic E-state index is 0.257. The highest BCUT2D eigenvalue weighted by Gasteiger charge is 2.13. The number of amides is 3. The van der Waals surface area contributed by atoms with Crippen LogP contribution in [0.5, 0.6) is 11.5 Å². The van der Waals surface area contributed by atoms with E-state index in [-0.39, 0.29) is 5.56 Å². The molecular formula is C24H22N2O5. The van der Waals surface area contributed by atoms with Crippen LogP contribution in [0.25, 0.3) is 0 Å². The highest BCUT2D eigenvalue weighted by Crippen LogP contribution is 2.21. The Morgan fingerprint density at radius 2 is 1.52 bits per heavy atom. The maximum Gasteiger partial charge on any atom is 0.338 e. The number of rotatable bonds is 6. The van der Waals surface area contributed by atoms with Crippen LogP contribution >= 0.6 is 0 Å². The van der Waals surface area contributed by atoms with Gasteiger partial charge in [-0.25, -0.2) is 9.59 Å². The highest BCUT2D eigenvalue weighted by molar-refractivity contribution is 6.02. The summed E-state index contributed by atoms with van der Waals surface area (Å²) in [6.07, 6.45) is 0. The van der Waals surface area contributed by atoms with Crippen LogP contribution in [0.1, 0.15) is 21.5 Å². The van der Waals surface area contributed by atoms with E-state index in [4.69, 9.17) is 9.47 Å². The van der Waals surface area contributed by atoms with Crippen LogP contribution in [0.15, 0.2) is 72.8 Å². The average molecular weight is 418 g/mol. The van der Waals surface area contributed by atoms with Crippen molar-refractivity contribution in [3.05, 3.63) is 89.5 Å². The zero-order valence-electron chi connectivity index (χ0n) is 17.2. The molecule has 3 aromatic rings. The molecule has 0 spiro atoms. The molecule has 0 atom stereocenters. The third-order valence-electron chi connectivity index (χ3n) is 4.29. The number of ether oxygens (including phenoxy) is 2. The average Bonchev–Trinajstić information content (AvgIpc) is 2.75. The lowest BCUT2D eigenvalue weighted by molar-refractivity contribution is -0.123. The highest BCUT2D eigenvalue weighted by atomic mass is 16.5. The molecule has 0 heterocycles. The molecule has 3 amide bonds. The van der Waals surface area contributed by atoms with E-state index in [0.717, 1.165) is 11.1 Å². The summed E-state index contributed by atoms with van der Waals surface area (Å²) in [4.78, 5) is 36.0. The zero-order chi connectivity index (χ0) is 22.2. The van der Waals surface area contributed by atoms with Gasteiger partial charge in [-0.15, -0.1) is 0 Å². The van der Waals surface area contributed by atoms with Gasteiger partial charge in [0.1, 0.15) is 11.5 Å². The summed E-state index contributed by atoms with van der Waals surface area (Å²) in [5.41, 5.74) is 2.78. The molecule has 7 nitrogen and oxygen atoms in total. The fourth-order valence-corrected chi connectivity index (χ4v) is 2.77. The molecule has 0 fully saturated rings. The fourth-order valence-electron chi connectivity index (χ4n) is 2.77. The van der Waals surface area contributed by atoms with Crippen LogP contribution in [0.3, 0.4) is 0 Å². The van der Waals surface area contributed by atoms with E-state index in [9.17, 15) is 14.4 Å². The number of imide groups is 1. The minimum atomic E-state index is -0.736. The van der Waals surface area contributed by atoms with Crippen LogP contribution in [0.4, 0.5) is 10.5 Å². The molecule has 0 unspecified atom stereocenters. The van der Waals surface area contributed by atoms with Crippen LogP contribution in [0.2, 0.25) is 0 Å². The van der Waals surface area contributed by atoms with Crippen molar-refractivity contribution >= 4 is 23.6 Å². The lowest BCUT2D eigenvalue weighted by atomic mass is 10.1. The Labute approximate surface area is 180 Å². The third kappa shape index (κ3) is 6.43. The Kier molecular flexibility index (Phi) is 7.01. The SMILES string of the molecule is Cc1ccc(NC(=O)NC(=O)COC(=O)c2ccc(Oc3ccccc3)cc2)c(C)c1. The molecule has 3 rings (SSSR count). The quantitative estimate of drug-likeness (QED) is 0.571. The lowest BCUT2D eigenvalue weighted by Crippen LogP contribution is -2.37. The predicted octanol–water partition coefficient (Wildman–Crippen LogP) is 4.60. The third-order valence-corrected chi connectivity index (χ3v) is 4.29. The van der Waals surface area contributed by atoms with E-state index in [0.29, 0.717) is 17.2 Å². The lowest BCUT2D eigenvalue weighted by Gasteiger charge is -2.10. The number of esters is 1. The van der Waals surface area contributed by atoms with E-state index in [1.165, 1.54) is 12.1 Å². The molecule has 0 aromatic heterocycles. The molecule has 0 aliphatic heterocycles. The summed E-state index contributed by atoms with van der Waals surface area (Å²) in [5, 5.41) is 4.72. The Morgan fingerprint density at radius 1 is 0.839 bits per heavy atom. The summed E-state index contributed by atoms with van der Waals surface area (Å²) in [6.45, 7) is 3.21. The number of urea groups is 1. The van der Waals surface area contributed by atoms with E-state index >= 15 is 0 Å². The molecular weight excluding hydrogens is 396 g/mol. The second-order valence-corrected chi connectivity index (χ2v) is 6.84. The van der Waals surface area contributed by atoms with Crippen LogP contribution in [-0.4, -0.2) is 24.5 Å². The van der Waals surface area contributed by atoms with E-state index < -0.39 is 24.5 Å². The minimum Gasteiger partial charge on any atom is -0.457 e. The van der Waals surface area contributed by atoms with Gasteiger partial charge in [0, 0.05) is 5.69 Å². The van der Waals surface area contributed by atoms with Crippen molar-refractivity contribution in [1.82, 2.24) is 5.32 Å². The number of carbonyl (C=O) groups is 3. The van der Waals surface area contributed by atoms with Crippen LogP contribution in [-0.2, 0) is 9.53 Å². The van der Waals surface area contributed by atoms with Crippen LogP contribution in [0, 0.1) is 13.8 Å². The monoisotopic (exact) mass is 418 g/mol. The standard InChI is InChI=1S/C24H22N2O5/c1-16-8-13-21(17(2)14-16)25-24(29)26-22(27)15-30-23(28)18-9-11-20(12-10-18)31-19-6-4-3-5-7-19/h3-14H,15H2,1-2H3,(H2,25,26,27,29). The van der Waals surface area contributed by atoms with Gasteiger partial charge in [-0.2, -0.15) is 0 Å². The topological polar surface area (TPSA) is 93.7 Å². The smallest absolute Gasteiger partial charge is 0.338 e. The molecule has 0 aliphatic carbocycles. The van der Waals surface area contributed by atoms with E-state index in [1.54, 1.807) is 18.2 Å². The normalized spacial score (nSPS) is 10.1. The van der Waals surface area contributed by atoms with E-state index in [2.05, 4.69) is 10.6 Å². The van der Waals surface area contributed by atoms with Gasteiger partial charge in [-0.3, -0.25) is 10.1 Å². The van der Waals surface area contributed by atoms with Gasteiger partial charge in [0.15, 0.2) is 6.61 Å². The number of hydrogen-bond donors (Lipinski definition) is 2. The second-order valence-electron chi connectivity index (χ2n) is 6.84. The Hall–Kier alpha value is -4.13. The van der Waals surface area contributed by atoms with Gasteiger partial charge in [0.2, 0.25) is 0 Å². The first-order valence-electron chi connectivity index (χ1n) is 9.59. The maximum atomic E-state index is 12.1. The molecule has 7 heteroatoms. The van der Waals surface area contributed by atoms with Crippen molar-refractivity contribution in [3.63, 3.8) is 0 Å². The number of anilines is 1. The van der Waals surface area contributed by atoms with Crippen LogP contribution < -0.4 is 15.4 Å². The van der Waals surface area contributed by atoms with Crippen molar-refractivity contribution in [2.24, 2.45) is 0 Å². The summed E-state index contributed by atoms with van der Waals surface area (Å²) in [6, 6.07) is 20.4. The number of nitrogens with one attached hydrogen (secondary N) is 2. The maximum absolute atomic E-state index is 12.1. The Balaban J connectivity index is 1.46. The largest absolute Gasteiger partial charge is 0.457 e. The Bertz CT molecular complexity index is 1080. The molecule has 0 saturated carbocycles. The number of benzene rings is 3. The first kappa shape index (κ1) is 21.6. The van der Waals surface area contributed by atoms with Crippen molar-refractivity contribution in [1.29, 1.82) is 0 Å². The van der Waals surface area contributed by atoms with Crippen molar-refractivity contribution < 1.29 is 23.9 Å². The molecule has 0 radical (unpaired) electrons. The molecule has 158 valence electrons. The molecule has 0 bridgehead atoms. The molecule has 0 saturated heterocycles. The van der Waals surface area contributed by atoms with Crippen molar-refractivity contribution in [2.45, 2.75) is 13.8 Å². The number of hydrogen-bond acceptors (Lipinski definition) is 5. The van der Waals surface area contributed by atoms with Crippen molar-refractivity contribution in [3.8, 4) is 11.5 Å². The summed E-state index contributed by atoms with van der Waals surface area (Å²) < 4.78 is 10.6. The van der Waals surface area contributed by atoms with Gasteiger partial charge in [-0.05, 0) is 61.9 Å². The first-order chi connectivity index (χ1) is 14.9. The summed E-state index contributed by atoms with van der Waals surface area (Å²) in [7, 11) is 0. The fraction of sp³-hybridized carbons (Fsp3) is 0.125.